The van der Waals surface area contributed by atoms with Crippen molar-refractivity contribution in [1.82, 2.24) is 4.57 Å². The zero-order valence-electron chi connectivity index (χ0n) is 12.2. The SMILES string of the molecule is CCn1c(C)cc(CNc2ccc3sccc3c2)c1C. The van der Waals surface area contributed by atoms with Crippen LogP contribution >= 0.6 is 11.3 Å². The molecule has 0 bridgehead atoms. The fraction of sp³-hybridized carbons (Fsp3) is 0.294. The van der Waals surface area contributed by atoms with Crippen LogP contribution in [0, 0.1) is 13.8 Å². The first-order valence-electron chi connectivity index (χ1n) is 7.05. The van der Waals surface area contributed by atoms with Gasteiger partial charge < -0.3 is 9.88 Å². The molecule has 0 amide bonds. The van der Waals surface area contributed by atoms with Crippen LogP contribution in [0.15, 0.2) is 35.7 Å². The van der Waals surface area contributed by atoms with Crippen molar-refractivity contribution in [2.75, 3.05) is 5.32 Å². The Balaban J connectivity index is 1.78. The van der Waals surface area contributed by atoms with Crippen LogP contribution in [-0.2, 0) is 13.1 Å². The number of aryl methyl sites for hydroxylation is 1. The van der Waals surface area contributed by atoms with Gasteiger partial charge in [-0.25, -0.2) is 0 Å². The number of thiophene rings is 1. The first-order valence-corrected chi connectivity index (χ1v) is 7.93. The van der Waals surface area contributed by atoms with Gasteiger partial charge in [0.25, 0.3) is 0 Å². The average molecular weight is 284 g/mol. The molecule has 0 fully saturated rings. The van der Waals surface area contributed by atoms with Gasteiger partial charge in [0, 0.05) is 34.9 Å². The molecule has 0 aliphatic heterocycles. The van der Waals surface area contributed by atoms with Crippen molar-refractivity contribution in [2.24, 2.45) is 0 Å². The van der Waals surface area contributed by atoms with Crippen LogP contribution in [0.1, 0.15) is 23.9 Å². The summed E-state index contributed by atoms with van der Waals surface area (Å²) in [5.74, 6) is 0. The lowest BCUT2D eigenvalue weighted by Gasteiger charge is -2.08. The number of rotatable bonds is 4. The van der Waals surface area contributed by atoms with Crippen molar-refractivity contribution in [2.45, 2.75) is 33.9 Å². The van der Waals surface area contributed by atoms with Gasteiger partial charge >= 0.3 is 0 Å². The highest BCUT2D eigenvalue weighted by Crippen LogP contribution is 2.24. The third kappa shape index (κ3) is 2.34. The Hall–Kier alpha value is -1.74. The fourth-order valence-corrected chi connectivity index (χ4v) is 3.58. The molecule has 0 saturated heterocycles. The van der Waals surface area contributed by atoms with Crippen molar-refractivity contribution in [3.05, 3.63) is 52.7 Å². The second-order valence-corrected chi connectivity index (χ2v) is 6.12. The molecular weight excluding hydrogens is 264 g/mol. The van der Waals surface area contributed by atoms with E-state index < -0.39 is 0 Å². The third-order valence-electron chi connectivity index (χ3n) is 3.93. The van der Waals surface area contributed by atoms with Crippen molar-refractivity contribution < 1.29 is 0 Å². The minimum Gasteiger partial charge on any atom is -0.381 e. The van der Waals surface area contributed by atoms with Gasteiger partial charge in [-0.1, -0.05) is 0 Å². The van der Waals surface area contributed by atoms with Gasteiger partial charge in [-0.3, -0.25) is 0 Å². The summed E-state index contributed by atoms with van der Waals surface area (Å²) >= 11 is 1.79. The zero-order valence-corrected chi connectivity index (χ0v) is 13.1. The Kier molecular flexibility index (Phi) is 3.53. The van der Waals surface area contributed by atoms with Crippen molar-refractivity contribution in [3.8, 4) is 0 Å². The molecule has 1 aromatic carbocycles. The Bertz CT molecular complexity index is 737. The van der Waals surface area contributed by atoms with Crippen LogP contribution in [0.2, 0.25) is 0 Å². The standard InChI is InChI=1S/C17H20N2S/c1-4-19-12(2)9-15(13(19)3)11-18-16-5-6-17-14(10-16)7-8-20-17/h5-10,18H,4,11H2,1-3H3. The van der Waals surface area contributed by atoms with E-state index >= 15 is 0 Å². The number of hydrogen-bond acceptors (Lipinski definition) is 2. The lowest BCUT2D eigenvalue weighted by atomic mass is 10.2. The van der Waals surface area contributed by atoms with E-state index in [9.17, 15) is 0 Å². The highest BCUT2D eigenvalue weighted by Gasteiger charge is 2.07. The summed E-state index contributed by atoms with van der Waals surface area (Å²) in [6.45, 7) is 8.50. The maximum atomic E-state index is 3.54. The van der Waals surface area contributed by atoms with E-state index in [1.165, 1.54) is 32.7 Å². The number of hydrogen-bond donors (Lipinski definition) is 1. The summed E-state index contributed by atoms with van der Waals surface area (Å²) in [6, 6.07) is 11.0. The molecule has 0 saturated carbocycles. The van der Waals surface area contributed by atoms with Gasteiger partial charge in [-0.05, 0) is 67.4 Å². The van der Waals surface area contributed by atoms with E-state index in [2.05, 4.69) is 66.4 Å². The summed E-state index contributed by atoms with van der Waals surface area (Å²) in [5, 5.41) is 7.00. The normalized spacial score (nSPS) is 11.2. The van der Waals surface area contributed by atoms with E-state index in [1.54, 1.807) is 11.3 Å². The minimum absolute atomic E-state index is 0.884. The molecule has 2 heterocycles. The molecule has 0 aliphatic rings. The van der Waals surface area contributed by atoms with Gasteiger partial charge in [0.1, 0.15) is 0 Å². The number of nitrogens with zero attached hydrogens (tertiary/aromatic N) is 1. The van der Waals surface area contributed by atoms with Crippen LogP contribution in [0.25, 0.3) is 10.1 Å². The van der Waals surface area contributed by atoms with E-state index in [0.717, 1.165) is 13.1 Å². The Morgan fingerprint density at radius 3 is 2.75 bits per heavy atom. The van der Waals surface area contributed by atoms with Gasteiger partial charge in [0.15, 0.2) is 0 Å². The Morgan fingerprint density at radius 1 is 1.15 bits per heavy atom. The predicted octanol–water partition coefficient (Wildman–Crippen LogP) is 4.95. The topological polar surface area (TPSA) is 17.0 Å². The molecule has 0 aliphatic carbocycles. The van der Waals surface area contributed by atoms with Gasteiger partial charge in [-0.15, -0.1) is 11.3 Å². The van der Waals surface area contributed by atoms with E-state index in [4.69, 9.17) is 0 Å². The molecule has 1 N–H and O–H groups in total. The molecule has 0 unspecified atom stereocenters. The number of nitrogens with one attached hydrogen (secondary N) is 1. The number of anilines is 1. The first kappa shape index (κ1) is 13.3. The zero-order chi connectivity index (χ0) is 14.1. The average Bonchev–Trinajstić information content (AvgIpc) is 3.00. The Labute approximate surface area is 124 Å². The number of benzene rings is 1. The second-order valence-electron chi connectivity index (χ2n) is 5.17. The predicted molar refractivity (Wildman–Crippen MR) is 88.7 cm³/mol. The summed E-state index contributed by atoms with van der Waals surface area (Å²) in [7, 11) is 0. The Morgan fingerprint density at radius 2 is 2.00 bits per heavy atom. The molecule has 20 heavy (non-hydrogen) atoms. The van der Waals surface area contributed by atoms with Gasteiger partial charge in [-0.2, -0.15) is 0 Å². The highest BCUT2D eigenvalue weighted by atomic mass is 32.1. The van der Waals surface area contributed by atoms with Crippen molar-refractivity contribution in [1.29, 1.82) is 0 Å². The summed E-state index contributed by atoms with van der Waals surface area (Å²) in [6.07, 6.45) is 0. The summed E-state index contributed by atoms with van der Waals surface area (Å²) < 4.78 is 3.71. The van der Waals surface area contributed by atoms with E-state index in [-0.39, 0.29) is 0 Å². The highest BCUT2D eigenvalue weighted by molar-refractivity contribution is 7.17. The van der Waals surface area contributed by atoms with Crippen molar-refractivity contribution >= 4 is 27.1 Å². The molecule has 2 nitrogen and oxygen atoms in total. The molecule has 3 aromatic rings. The van der Waals surface area contributed by atoms with E-state index in [0.29, 0.717) is 0 Å². The molecule has 0 radical (unpaired) electrons. The lowest BCUT2D eigenvalue weighted by molar-refractivity contribution is 0.715. The smallest absolute Gasteiger partial charge is 0.0418 e. The molecule has 0 atom stereocenters. The van der Waals surface area contributed by atoms with Crippen LogP contribution in [0.4, 0.5) is 5.69 Å². The molecule has 3 heteroatoms. The van der Waals surface area contributed by atoms with Crippen LogP contribution in [0.5, 0.6) is 0 Å². The minimum atomic E-state index is 0.884. The van der Waals surface area contributed by atoms with E-state index in [1.807, 2.05) is 0 Å². The monoisotopic (exact) mass is 284 g/mol. The largest absolute Gasteiger partial charge is 0.381 e. The third-order valence-corrected chi connectivity index (χ3v) is 4.83. The van der Waals surface area contributed by atoms with Crippen LogP contribution in [-0.4, -0.2) is 4.57 Å². The molecule has 0 spiro atoms. The molecular formula is C17H20N2S. The second kappa shape index (κ2) is 5.33. The van der Waals surface area contributed by atoms with Crippen LogP contribution in [0.3, 0.4) is 0 Å². The van der Waals surface area contributed by atoms with Gasteiger partial charge in [0.05, 0.1) is 0 Å². The fourth-order valence-electron chi connectivity index (χ4n) is 2.81. The quantitative estimate of drug-likeness (QED) is 0.717. The summed E-state index contributed by atoms with van der Waals surface area (Å²) in [5.41, 5.74) is 5.29. The maximum Gasteiger partial charge on any atom is 0.0418 e. The molecule has 104 valence electrons. The van der Waals surface area contributed by atoms with Gasteiger partial charge in [0.2, 0.25) is 0 Å². The maximum absolute atomic E-state index is 3.54. The summed E-state index contributed by atoms with van der Waals surface area (Å²) in [4.78, 5) is 0. The number of fused-ring (bicyclic) bond motifs is 1. The molecule has 3 rings (SSSR count). The molecule has 2 aromatic heterocycles. The first-order chi connectivity index (χ1) is 9.69. The van der Waals surface area contributed by atoms with Crippen LogP contribution < -0.4 is 5.32 Å². The number of aromatic nitrogens is 1. The lowest BCUT2D eigenvalue weighted by Crippen LogP contribution is -2.03. The van der Waals surface area contributed by atoms with Crippen molar-refractivity contribution in [3.63, 3.8) is 0 Å².